The summed E-state index contributed by atoms with van der Waals surface area (Å²) in [4.78, 5) is 0. The van der Waals surface area contributed by atoms with Gasteiger partial charge in [-0.3, -0.25) is 0 Å². The largest absolute Gasteiger partial charge is 0.449 e. The van der Waals surface area contributed by atoms with Crippen LogP contribution in [0.5, 0.6) is 0 Å². The van der Waals surface area contributed by atoms with Crippen LogP contribution in [0.15, 0.2) is 12.1 Å². The highest BCUT2D eigenvalue weighted by atomic mass is 16.2. The number of aryl methyl sites for hydroxylation is 2. The van der Waals surface area contributed by atoms with Gasteiger partial charge in [-0.25, -0.2) is 0 Å². The fourth-order valence-corrected chi connectivity index (χ4v) is 2.16. The van der Waals surface area contributed by atoms with E-state index >= 15 is 0 Å². The van der Waals surface area contributed by atoms with E-state index in [0.29, 0.717) is 0 Å². The summed E-state index contributed by atoms with van der Waals surface area (Å²) < 4.78 is 0. The molecule has 16 heavy (non-hydrogen) atoms. The topological polar surface area (TPSA) is 20.2 Å². The van der Waals surface area contributed by atoms with Crippen molar-refractivity contribution in [1.82, 2.24) is 0 Å². The second kappa shape index (κ2) is 6.10. The van der Waals surface area contributed by atoms with E-state index in [9.17, 15) is 0 Å². The lowest BCUT2D eigenvalue weighted by molar-refractivity contribution is 0.515. The van der Waals surface area contributed by atoms with Crippen LogP contribution < -0.4 is 5.46 Å². The highest BCUT2D eigenvalue weighted by Gasteiger charge is 2.07. The molecule has 1 N–H and O–H groups in total. The van der Waals surface area contributed by atoms with Crippen LogP contribution in [0.25, 0.3) is 0 Å². The van der Waals surface area contributed by atoms with Gasteiger partial charge in [0.25, 0.3) is 0 Å². The lowest BCUT2D eigenvalue weighted by atomic mass is 9.83. The van der Waals surface area contributed by atoms with Gasteiger partial charge in [0.2, 0.25) is 0 Å². The molecule has 0 spiro atoms. The van der Waals surface area contributed by atoms with Gasteiger partial charge in [-0.2, -0.15) is 0 Å². The summed E-state index contributed by atoms with van der Waals surface area (Å²) in [5.74, 6) is 0.802. The van der Waals surface area contributed by atoms with Gasteiger partial charge in [0.05, 0.1) is 0 Å². The van der Waals surface area contributed by atoms with Crippen LogP contribution in [0.1, 0.15) is 43.4 Å². The Morgan fingerprint density at radius 1 is 1.25 bits per heavy atom. The predicted octanol–water partition coefficient (Wildman–Crippen LogP) is 2.25. The van der Waals surface area contributed by atoms with E-state index in [2.05, 4.69) is 39.8 Å². The molecular weight excluding hydrogens is 195 g/mol. The van der Waals surface area contributed by atoms with E-state index < -0.39 is 0 Å². The number of benzene rings is 1. The average Bonchev–Trinajstić information content (AvgIpc) is 2.27. The summed E-state index contributed by atoms with van der Waals surface area (Å²) >= 11 is 0. The van der Waals surface area contributed by atoms with Gasteiger partial charge in [-0.05, 0) is 49.3 Å². The van der Waals surface area contributed by atoms with Gasteiger partial charge in [-0.15, -0.1) is 0 Å². The van der Waals surface area contributed by atoms with Crippen molar-refractivity contribution in [3.05, 3.63) is 28.8 Å². The van der Waals surface area contributed by atoms with E-state index in [4.69, 9.17) is 5.02 Å². The molecule has 2 heteroatoms. The van der Waals surface area contributed by atoms with Gasteiger partial charge >= 0.3 is 7.48 Å². The van der Waals surface area contributed by atoms with E-state index in [1.807, 2.05) is 0 Å². The van der Waals surface area contributed by atoms with Gasteiger partial charge in [-0.1, -0.05) is 37.9 Å². The van der Waals surface area contributed by atoms with Crippen molar-refractivity contribution in [2.45, 2.75) is 47.0 Å². The molecule has 0 amide bonds. The average molecular weight is 218 g/mol. The van der Waals surface area contributed by atoms with E-state index in [1.54, 1.807) is 0 Å². The van der Waals surface area contributed by atoms with Crippen molar-refractivity contribution in [3.8, 4) is 0 Å². The number of hydrogen-bond donors (Lipinski definition) is 1. The molecule has 1 aromatic rings. The van der Waals surface area contributed by atoms with Crippen molar-refractivity contribution in [2.75, 3.05) is 0 Å². The van der Waals surface area contributed by atoms with Gasteiger partial charge in [0, 0.05) is 0 Å². The van der Waals surface area contributed by atoms with Crippen LogP contribution in [0, 0.1) is 19.8 Å². The first kappa shape index (κ1) is 13.3. The van der Waals surface area contributed by atoms with Gasteiger partial charge < -0.3 is 5.02 Å². The molecule has 0 saturated heterocycles. The maximum atomic E-state index is 9.13. The predicted molar refractivity (Wildman–Crippen MR) is 72.7 cm³/mol. The summed E-state index contributed by atoms with van der Waals surface area (Å²) in [6, 6.07) is 4.22. The molecule has 0 aliphatic carbocycles. The Morgan fingerprint density at radius 3 is 2.25 bits per heavy atom. The minimum atomic E-state index is 0.146. The van der Waals surface area contributed by atoms with Crippen LogP contribution in [0.2, 0.25) is 0 Å². The maximum Gasteiger partial charge on any atom is 0.304 e. The SMILES string of the molecule is CC[C@H](C)CCc1c(C)cc(BO)cc1C. The quantitative estimate of drug-likeness (QED) is 0.751. The van der Waals surface area contributed by atoms with Crippen LogP contribution in [-0.4, -0.2) is 12.5 Å². The standard InChI is InChI=1S/C14H23BO/c1-5-10(2)6-7-14-11(3)8-13(15-16)9-12(14)4/h8-10,15-16H,5-7H2,1-4H3/t10-/m0/s1. The van der Waals surface area contributed by atoms with Crippen molar-refractivity contribution < 1.29 is 5.02 Å². The molecule has 1 aromatic carbocycles. The Kier molecular flexibility index (Phi) is 5.07. The summed E-state index contributed by atoms with van der Waals surface area (Å²) in [6.45, 7) is 8.86. The van der Waals surface area contributed by atoms with Crippen molar-refractivity contribution in [3.63, 3.8) is 0 Å². The molecule has 0 aliphatic heterocycles. The number of hydrogen-bond acceptors (Lipinski definition) is 1. The Bertz CT molecular complexity index is 324. The first-order valence-electron chi connectivity index (χ1n) is 6.28. The second-order valence-electron chi connectivity index (χ2n) is 4.92. The maximum absolute atomic E-state index is 9.13. The molecule has 0 radical (unpaired) electrons. The Labute approximate surface area is 100 Å². The first-order valence-corrected chi connectivity index (χ1v) is 6.28. The monoisotopic (exact) mass is 218 g/mol. The van der Waals surface area contributed by atoms with E-state index in [1.165, 1.54) is 36.0 Å². The summed E-state index contributed by atoms with van der Waals surface area (Å²) in [7, 11) is 0.146. The zero-order valence-corrected chi connectivity index (χ0v) is 11.0. The minimum Gasteiger partial charge on any atom is -0.449 e. The molecule has 88 valence electrons. The minimum absolute atomic E-state index is 0.146. The second-order valence-corrected chi connectivity index (χ2v) is 4.92. The molecule has 1 nitrogen and oxygen atoms in total. The third-order valence-electron chi connectivity index (χ3n) is 3.52. The highest BCUT2D eigenvalue weighted by molar-refractivity contribution is 6.45. The Morgan fingerprint density at radius 2 is 1.81 bits per heavy atom. The molecular formula is C14H23BO. The van der Waals surface area contributed by atoms with Crippen LogP contribution in [-0.2, 0) is 6.42 Å². The van der Waals surface area contributed by atoms with E-state index in [0.717, 1.165) is 11.4 Å². The molecule has 0 unspecified atom stereocenters. The molecule has 0 aliphatic rings. The zero-order chi connectivity index (χ0) is 12.1. The third-order valence-corrected chi connectivity index (χ3v) is 3.52. The fraction of sp³-hybridized carbons (Fsp3) is 0.571. The third kappa shape index (κ3) is 3.38. The normalized spacial score (nSPS) is 12.6. The molecule has 0 aromatic heterocycles. The molecule has 0 bridgehead atoms. The van der Waals surface area contributed by atoms with Crippen LogP contribution >= 0.6 is 0 Å². The molecule has 0 heterocycles. The fourth-order valence-electron chi connectivity index (χ4n) is 2.16. The van der Waals surface area contributed by atoms with Crippen molar-refractivity contribution in [2.24, 2.45) is 5.92 Å². The molecule has 1 atom stereocenters. The van der Waals surface area contributed by atoms with Gasteiger partial charge in [0.1, 0.15) is 0 Å². The molecule has 0 fully saturated rings. The molecule has 0 saturated carbocycles. The first-order chi connectivity index (χ1) is 7.58. The lowest BCUT2D eigenvalue weighted by Crippen LogP contribution is -2.16. The summed E-state index contributed by atoms with van der Waals surface area (Å²) in [6.07, 6.45) is 3.68. The molecule has 1 rings (SSSR count). The van der Waals surface area contributed by atoms with Crippen molar-refractivity contribution in [1.29, 1.82) is 0 Å². The summed E-state index contributed by atoms with van der Waals surface area (Å²) in [5.41, 5.74) is 5.15. The smallest absolute Gasteiger partial charge is 0.304 e. The number of rotatable bonds is 5. The Balaban J connectivity index is 2.80. The van der Waals surface area contributed by atoms with Crippen LogP contribution in [0.3, 0.4) is 0 Å². The van der Waals surface area contributed by atoms with E-state index in [-0.39, 0.29) is 7.48 Å². The highest BCUT2D eigenvalue weighted by Crippen LogP contribution is 2.18. The van der Waals surface area contributed by atoms with Crippen molar-refractivity contribution >= 4 is 12.9 Å². The van der Waals surface area contributed by atoms with Gasteiger partial charge in [0.15, 0.2) is 0 Å². The van der Waals surface area contributed by atoms with Crippen LogP contribution in [0.4, 0.5) is 0 Å². The Hall–Kier alpha value is -0.755. The lowest BCUT2D eigenvalue weighted by Gasteiger charge is -2.14. The zero-order valence-electron chi connectivity index (χ0n) is 11.0. The summed E-state index contributed by atoms with van der Waals surface area (Å²) in [5, 5.41) is 9.13.